The zero-order valence-electron chi connectivity index (χ0n) is 7.57. The Labute approximate surface area is 64.4 Å². The van der Waals surface area contributed by atoms with Crippen molar-refractivity contribution in [3.05, 3.63) is 0 Å². The summed E-state index contributed by atoms with van der Waals surface area (Å²) >= 11 is 0. The van der Waals surface area contributed by atoms with E-state index < -0.39 is 0 Å². The smallest absolute Gasteiger partial charge is 0.0191 e. The topological polar surface area (TPSA) is 24.1 Å². The van der Waals surface area contributed by atoms with Crippen LogP contribution in [0.5, 0.6) is 0 Å². The number of likely N-dealkylation sites (N-methyl/N-ethyl adjacent to an activating group) is 2. The normalized spacial score (nSPS) is 14.1. The van der Waals surface area contributed by atoms with Crippen molar-refractivity contribution in [2.45, 2.75) is 26.3 Å². The van der Waals surface area contributed by atoms with E-state index in [1.165, 1.54) is 6.42 Å². The quantitative estimate of drug-likeness (QED) is 0.597. The third-order valence-corrected chi connectivity index (χ3v) is 1.61. The fourth-order valence-corrected chi connectivity index (χ4v) is 1.12. The van der Waals surface area contributed by atoms with Crippen LogP contribution in [0.15, 0.2) is 0 Å². The second-order valence-electron chi connectivity index (χ2n) is 3.17. The molecule has 0 rings (SSSR count). The molecule has 0 radical (unpaired) electrons. The van der Waals surface area contributed by atoms with Crippen LogP contribution < -0.4 is 10.6 Å². The van der Waals surface area contributed by atoms with Crippen LogP contribution in [-0.2, 0) is 0 Å². The van der Waals surface area contributed by atoms with Crippen LogP contribution in [0.2, 0.25) is 0 Å². The lowest BCUT2D eigenvalue weighted by Gasteiger charge is -2.17. The van der Waals surface area contributed by atoms with E-state index in [2.05, 4.69) is 24.5 Å². The summed E-state index contributed by atoms with van der Waals surface area (Å²) in [7, 11) is 4.01. The Bertz CT molecular complexity index is 71.7. The van der Waals surface area contributed by atoms with Gasteiger partial charge in [-0.2, -0.15) is 0 Å². The minimum absolute atomic E-state index is 0.630. The van der Waals surface area contributed by atoms with Crippen molar-refractivity contribution in [2.24, 2.45) is 5.92 Å². The standard InChI is InChI=1S/C8H20N2/c1-7(2)5-8(10-4)6-9-3/h7-10H,5-6H2,1-4H3. The Morgan fingerprint density at radius 2 is 1.80 bits per heavy atom. The molecule has 0 saturated heterocycles. The molecule has 0 saturated carbocycles. The second-order valence-corrected chi connectivity index (χ2v) is 3.17. The van der Waals surface area contributed by atoms with Gasteiger partial charge in [-0.25, -0.2) is 0 Å². The molecule has 0 aliphatic carbocycles. The van der Waals surface area contributed by atoms with Gasteiger partial charge in [0.1, 0.15) is 0 Å². The van der Waals surface area contributed by atoms with Gasteiger partial charge < -0.3 is 10.6 Å². The predicted octanol–water partition coefficient (Wildman–Crippen LogP) is 0.840. The van der Waals surface area contributed by atoms with E-state index in [1.54, 1.807) is 0 Å². The largest absolute Gasteiger partial charge is 0.318 e. The fourth-order valence-electron chi connectivity index (χ4n) is 1.12. The Kier molecular flexibility index (Phi) is 5.64. The predicted molar refractivity (Wildman–Crippen MR) is 46.2 cm³/mol. The number of hydrogen-bond acceptors (Lipinski definition) is 2. The molecule has 10 heavy (non-hydrogen) atoms. The fraction of sp³-hybridized carbons (Fsp3) is 1.00. The molecular weight excluding hydrogens is 124 g/mol. The molecule has 2 heteroatoms. The lowest BCUT2D eigenvalue weighted by Crippen LogP contribution is -2.35. The van der Waals surface area contributed by atoms with Crippen LogP contribution in [0, 0.1) is 5.92 Å². The first kappa shape index (κ1) is 9.92. The second kappa shape index (κ2) is 5.69. The summed E-state index contributed by atoms with van der Waals surface area (Å²) in [6.45, 7) is 5.56. The summed E-state index contributed by atoms with van der Waals surface area (Å²) in [5.74, 6) is 0.783. The molecule has 0 aromatic carbocycles. The van der Waals surface area contributed by atoms with Crippen LogP contribution in [0.25, 0.3) is 0 Å². The molecule has 0 bridgehead atoms. The van der Waals surface area contributed by atoms with Crippen molar-refractivity contribution in [1.82, 2.24) is 10.6 Å². The molecule has 0 spiro atoms. The molecule has 0 aromatic rings. The molecule has 62 valence electrons. The van der Waals surface area contributed by atoms with Gasteiger partial charge in [0, 0.05) is 12.6 Å². The maximum absolute atomic E-state index is 3.27. The van der Waals surface area contributed by atoms with Crippen molar-refractivity contribution >= 4 is 0 Å². The summed E-state index contributed by atoms with van der Waals surface area (Å²) in [5.41, 5.74) is 0. The van der Waals surface area contributed by atoms with Gasteiger partial charge in [0.25, 0.3) is 0 Å². The summed E-state index contributed by atoms with van der Waals surface area (Å²) in [6.07, 6.45) is 1.25. The van der Waals surface area contributed by atoms with Gasteiger partial charge >= 0.3 is 0 Å². The van der Waals surface area contributed by atoms with Gasteiger partial charge in [0.15, 0.2) is 0 Å². The maximum atomic E-state index is 3.27. The molecular formula is C8H20N2. The number of rotatable bonds is 5. The molecule has 0 heterocycles. The van der Waals surface area contributed by atoms with Crippen LogP contribution in [0.4, 0.5) is 0 Å². The van der Waals surface area contributed by atoms with Gasteiger partial charge in [-0.3, -0.25) is 0 Å². The lowest BCUT2D eigenvalue weighted by atomic mass is 10.0. The third-order valence-electron chi connectivity index (χ3n) is 1.61. The van der Waals surface area contributed by atoms with Crippen molar-refractivity contribution in [2.75, 3.05) is 20.6 Å². The van der Waals surface area contributed by atoms with Crippen molar-refractivity contribution < 1.29 is 0 Å². The van der Waals surface area contributed by atoms with Crippen LogP contribution >= 0.6 is 0 Å². The molecule has 0 aliphatic rings. The summed E-state index contributed by atoms with van der Waals surface area (Å²) < 4.78 is 0. The highest BCUT2D eigenvalue weighted by Gasteiger charge is 2.05. The van der Waals surface area contributed by atoms with E-state index in [1.807, 2.05) is 14.1 Å². The Morgan fingerprint density at radius 3 is 2.10 bits per heavy atom. The molecule has 1 atom stereocenters. The first-order valence-electron chi connectivity index (χ1n) is 4.02. The van der Waals surface area contributed by atoms with E-state index in [0.717, 1.165) is 12.5 Å². The van der Waals surface area contributed by atoms with E-state index in [-0.39, 0.29) is 0 Å². The lowest BCUT2D eigenvalue weighted by molar-refractivity contribution is 0.431. The third kappa shape index (κ3) is 4.77. The van der Waals surface area contributed by atoms with E-state index in [0.29, 0.717) is 6.04 Å². The van der Waals surface area contributed by atoms with Gasteiger partial charge in [-0.15, -0.1) is 0 Å². The SMILES string of the molecule is CNCC(CC(C)C)NC. The molecule has 0 amide bonds. The van der Waals surface area contributed by atoms with Crippen molar-refractivity contribution in [1.29, 1.82) is 0 Å². The molecule has 0 aliphatic heterocycles. The number of hydrogen-bond donors (Lipinski definition) is 2. The summed E-state index contributed by atoms with van der Waals surface area (Å²) in [6, 6.07) is 0.630. The average Bonchev–Trinajstić information content (AvgIpc) is 1.86. The minimum Gasteiger partial charge on any atom is -0.318 e. The van der Waals surface area contributed by atoms with Gasteiger partial charge in [-0.1, -0.05) is 13.8 Å². The van der Waals surface area contributed by atoms with Gasteiger partial charge in [0.05, 0.1) is 0 Å². The summed E-state index contributed by atoms with van der Waals surface area (Å²) in [4.78, 5) is 0. The summed E-state index contributed by atoms with van der Waals surface area (Å²) in [5, 5.41) is 6.43. The highest BCUT2D eigenvalue weighted by atomic mass is 14.9. The van der Waals surface area contributed by atoms with Crippen molar-refractivity contribution in [3.8, 4) is 0 Å². The molecule has 2 N–H and O–H groups in total. The minimum atomic E-state index is 0.630. The Hall–Kier alpha value is -0.0800. The van der Waals surface area contributed by atoms with Gasteiger partial charge in [0.2, 0.25) is 0 Å². The molecule has 1 unspecified atom stereocenters. The first-order valence-corrected chi connectivity index (χ1v) is 4.02. The average molecular weight is 144 g/mol. The number of nitrogens with one attached hydrogen (secondary N) is 2. The maximum Gasteiger partial charge on any atom is 0.0191 e. The monoisotopic (exact) mass is 144 g/mol. The zero-order valence-corrected chi connectivity index (χ0v) is 7.57. The van der Waals surface area contributed by atoms with E-state index in [9.17, 15) is 0 Å². The molecule has 0 fully saturated rings. The van der Waals surface area contributed by atoms with Crippen LogP contribution in [0.1, 0.15) is 20.3 Å². The van der Waals surface area contributed by atoms with E-state index >= 15 is 0 Å². The van der Waals surface area contributed by atoms with E-state index in [4.69, 9.17) is 0 Å². The molecule has 2 nitrogen and oxygen atoms in total. The first-order chi connectivity index (χ1) is 4.70. The zero-order chi connectivity index (χ0) is 7.98. The Balaban J connectivity index is 3.39. The molecule has 0 aromatic heterocycles. The Morgan fingerprint density at radius 1 is 1.20 bits per heavy atom. The van der Waals surface area contributed by atoms with Crippen LogP contribution in [0.3, 0.4) is 0 Å². The van der Waals surface area contributed by atoms with Crippen molar-refractivity contribution in [3.63, 3.8) is 0 Å². The van der Waals surface area contributed by atoms with Crippen LogP contribution in [-0.4, -0.2) is 26.7 Å². The van der Waals surface area contributed by atoms with Gasteiger partial charge in [-0.05, 0) is 26.4 Å². The highest BCUT2D eigenvalue weighted by molar-refractivity contribution is 4.67. The highest BCUT2D eigenvalue weighted by Crippen LogP contribution is 2.02.